The van der Waals surface area contributed by atoms with Crippen molar-refractivity contribution in [2.45, 2.75) is 13.0 Å². The van der Waals surface area contributed by atoms with Crippen molar-refractivity contribution in [1.82, 2.24) is 4.98 Å². The molecule has 20 heavy (non-hydrogen) atoms. The standard InChI is InChI=1S/C15H15N3O2/c16-14-9-11(5-7-17-14)10-18-12-3-1-2-4-13(12)20-8-6-15(18)19/h1-5,7,9H,6,8,10H2,(H2,16,17). The summed E-state index contributed by atoms with van der Waals surface area (Å²) in [5.74, 6) is 1.24. The molecule has 5 heteroatoms. The van der Waals surface area contributed by atoms with Crippen LogP contribution in [0.2, 0.25) is 0 Å². The smallest absolute Gasteiger partial charge is 0.230 e. The van der Waals surface area contributed by atoms with Crippen LogP contribution in [0.15, 0.2) is 42.6 Å². The SMILES string of the molecule is Nc1cc(CN2C(=O)CCOc3ccccc32)ccn1. The van der Waals surface area contributed by atoms with Crippen molar-refractivity contribution in [3.05, 3.63) is 48.2 Å². The van der Waals surface area contributed by atoms with E-state index in [9.17, 15) is 4.79 Å². The van der Waals surface area contributed by atoms with Gasteiger partial charge in [-0.1, -0.05) is 12.1 Å². The Labute approximate surface area is 117 Å². The van der Waals surface area contributed by atoms with E-state index in [2.05, 4.69) is 4.98 Å². The second-order valence-electron chi connectivity index (χ2n) is 4.64. The van der Waals surface area contributed by atoms with Gasteiger partial charge in [0.15, 0.2) is 0 Å². The molecular formula is C15H15N3O2. The number of nitrogens with two attached hydrogens (primary N) is 1. The van der Waals surface area contributed by atoms with Crippen LogP contribution >= 0.6 is 0 Å². The van der Waals surface area contributed by atoms with E-state index in [1.807, 2.05) is 30.3 Å². The van der Waals surface area contributed by atoms with Crippen LogP contribution in [0.4, 0.5) is 11.5 Å². The van der Waals surface area contributed by atoms with Gasteiger partial charge in [-0.2, -0.15) is 0 Å². The summed E-state index contributed by atoms with van der Waals surface area (Å²) in [6.07, 6.45) is 2.02. The molecule has 0 saturated carbocycles. The first kappa shape index (κ1) is 12.5. The highest BCUT2D eigenvalue weighted by atomic mass is 16.5. The van der Waals surface area contributed by atoms with Crippen LogP contribution in [-0.2, 0) is 11.3 Å². The fraction of sp³-hybridized carbons (Fsp3) is 0.200. The van der Waals surface area contributed by atoms with E-state index in [-0.39, 0.29) is 5.91 Å². The van der Waals surface area contributed by atoms with E-state index in [1.54, 1.807) is 17.2 Å². The largest absolute Gasteiger partial charge is 0.491 e. The molecule has 5 nitrogen and oxygen atoms in total. The molecule has 2 N–H and O–H groups in total. The molecule has 102 valence electrons. The topological polar surface area (TPSA) is 68.5 Å². The molecular weight excluding hydrogens is 254 g/mol. The van der Waals surface area contributed by atoms with Gasteiger partial charge in [0.1, 0.15) is 11.6 Å². The highest BCUT2D eigenvalue weighted by Crippen LogP contribution is 2.32. The molecule has 3 rings (SSSR count). The number of nitrogens with zero attached hydrogens (tertiary/aromatic N) is 2. The summed E-state index contributed by atoms with van der Waals surface area (Å²) >= 11 is 0. The maximum Gasteiger partial charge on any atom is 0.230 e. The van der Waals surface area contributed by atoms with E-state index in [0.29, 0.717) is 25.4 Å². The van der Waals surface area contributed by atoms with Gasteiger partial charge in [0, 0.05) is 6.20 Å². The Morgan fingerprint density at radius 2 is 2.15 bits per heavy atom. The molecule has 1 aliphatic rings. The third kappa shape index (κ3) is 2.42. The zero-order valence-corrected chi connectivity index (χ0v) is 11.0. The quantitative estimate of drug-likeness (QED) is 0.905. The van der Waals surface area contributed by atoms with Gasteiger partial charge < -0.3 is 15.4 Å². The number of benzene rings is 1. The first-order valence-electron chi connectivity index (χ1n) is 6.46. The Bertz CT molecular complexity index is 643. The molecule has 1 aromatic heterocycles. The normalized spacial score (nSPS) is 14.4. The fourth-order valence-electron chi connectivity index (χ4n) is 2.27. The number of amides is 1. The zero-order valence-electron chi connectivity index (χ0n) is 11.0. The van der Waals surface area contributed by atoms with Gasteiger partial charge in [-0.25, -0.2) is 4.98 Å². The van der Waals surface area contributed by atoms with Crippen LogP contribution in [0, 0.1) is 0 Å². The Morgan fingerprint density at radius 1 is 1.30 bits per heavy atom. The number of carbonyl (C=O) groups is 1. The van der Waals surface area contributed by atoms with E-state index >= 15 is 0 Å². The summed E-state index contributed by atoms with van der Waals surface area (Å²) in [6.45, 7) is 0.872. The molecule has 0 spiro atoms. The van der Waals surface area contributed by atoms with E-state index in [0.717, 1.165) is 17.0 Å². The van der Waals surface area contributed by atoms with Gasteiger partial charge in [-0.05, 0) is 29.8 Å². The van der Waals surface area contributed by atoms with Crippen molar-refractivity contribution in [2.75, 3.05) is 17.2 Å². The van der Waals surface area contributed by atoms with Gasteiger partial charge >= 0.3 is 0 Å². The van der Waals surface area contributed by atoms with Gasteiger partial charge in [0.05, 0.1) is 25.3 Å². The third-order valence-electron chi connectivity index (χ3n) is 3.22. The highest BCUT2D eigenvalue weighted by molar-refractivity contribution is 5.95. The number of para-hydroxylation sites is 2. The minimum Gasteiger partial charge on any atom is -0.491 e. The predicted molar refractivity (Wildman–Crippen MR) is 76.4 cm³/mol. The van der Waals surface area contributed by atoms with Gasteiger partial charge in [0.2, 0.25) is 5.91 Å². The van der Waals surface area contributed by atoms with Crippen molar-refractivity contribution in [1.29, 1.82) is 0 Å². The Kier molecular flexibility index (Phi) is 3.25. The first-order chi connectivity index (χ1) is 9.74. The molecule has 1 amide bonds. The van der Waals surface area contributed by atoms with Crippen molar-refractivity contribution >= 4 is 17.4 Å². The second-order valence-corrected chi connectivity index (χ2v) is 4.64. The summed E-state index contributed by atoms with van der Waals surface area (Å²) in [4.78, 5) is 18.0. The lowest BCUT2D eigenvalue weighted by molar-refractivity contribution is -0.118. The number of aromatic nitrogens is 1. The number of hydrogen-bond acceptors (Lipinski definition) is 4. The molecule has 0 saturated heterocycles. The summed E-state index contributed by atoms with van der Waals surface area (Å²) < 4.78 is 5.61. The molecule has 1 aromatic carbocycles. The molecule has 2 aromatic rings. The molecule has 0 atom stereocenters. The lowest BCUT2D eigenvalue weighted by Gasteiger charge is -2.22. The third-order valence-corrected chi connectivity index (χ3v) is 3.22. The van der Waals surface area contributed by atoms with Gasteiger partial charge in [-0.15, -0.1) is 0 Å². The minimum absolute atomic E-state index is 0.0466. The molecule has 2 heterocycles. The summed E-state index contributed by atoms with van der Waals surface area (Å²) in [6, 6.07) is 11.2. The van der Waals surface area contributed by atoms with Crippen molar-refractivity contribution in [3.63, 3.8) is 0 Å². The number of ether oxygens (including phenoxy) is 1. The molecule has 0 fully saturated rings. The zero-order chi connectivity index (χ0) is 13.9. The van der Waals surface area contributed by atoms with Crippen molar-refractivity contribution in [3.8, 4) is 5.75 Å². The van der Waals surface area contributed by atoms with E-state index in [1.165, 1.54) is 0 Å². The maximum atomic E-state index is 12.3. The molecule has 0 bridgehead atoms. The number of nitrogen functional groups attached to an aromatic ring is 1. The number of rotatable bonds is 2. The Balaban J connectivity index is 1.96. The van der Waals surface area contributed by atoms with Crippen LogP contribution in [0.25, 0.3) is 0 Å². The summed E-state index contributed by atoms with van der Waals surface area (Å²) in [5, 5.41) is 0. The molecule has 0 unspecified atom stereocenters. The fourth-order valence-corrected chi connectivity index (χ4v) is 2.27. The van der Waals surface area contributed by atoms with Crippen molar-refractivity contribution in [2.24, 2.45) is 0 Å². The van der Waals surface area contributed by atoms with E-state index < -0.39 is 0 Å². The van der Waals surface area contributed by atoms with Gasteiger partial charge in [0.25, 0.3) is 0 Å². The Hall–Kier alpha value is -2.56. The molecule has 1 aliphatic heterocycles. The maximum absolute atomic E-state index is 12.3. The first-order valence-corrected chi connectivity index (χ1v) is 6.46. The lowest BCUT2D eigenvalue weighted by Crippen LogP contribution is -2.29. The van der Waals surface area contributed by atoms with Crippen molar-refractivity contribution < 1.29 is 9.53 Å². The lowest BCUT2D eigenvalue weighted by atomic mass is 10.2. The summed E-state index contributed by atoms with van der Waals surface area (Å²) in [7, 11) is 0. The number of hydrogen-bond donors (Lipinski definition) is 1. The monoisotopic (exact) mass is 269 g/mol. The van der Waals surface area contributed by atoms with E-state index in [4.69, 9.17) is 10.5 Å². The summed E-state index contributed by atoms with van der Waals surface area (Å²) in [5.41, 5.74) is 7.43. The highest BCUT2D eigenvalue weighted by Gasteiger charge is 2.23. The van der Waals surface area contributed by atoms with Crippen LogP contribution in [0.1, 0.15) is 12.0 Å². The second kappa shape index (κ2) is 5.21. The molecule has 0 aliphatic carbocycles. The van der Waals surface area contributed by atoms with Crippen LogP contribution in [-0.4, -0.2) is 17.5 Å². The number of pyridine rings is 1. The Morgan fingerprint density at radius 3 is 3.00 bits per heavy atom. The predicted octanol–water partition coefficient (Wildman–Crippen LogP) is 1.98. The van der Waals surface area contributed by atoms with Gasteiger partial charge in [-0.3, -0.25) is 4.79 Å². The van der Waals surface area contributed by atoms with Crippen LogP contribution in [0.3, 0.4) is 0 Å². The number of carbonyl (C=O) groups excluding carboxylic acids is 1. The average Bonchev–Trinajstić information content (AvgIpc) is 2.59. The molecule has 0 radical (unpaired) electrons. The van der Waals surface area contributed by atoms with Crippen LogP contribution in [0.5, 0.6) is 5.75 Å². The average molecular weight is 269 g/mol. The van der Waals surface area contributed by atoms with Crippen LogP contribution < -0.4 is 15.4 Å². The number of anilines is 2. The minimum atomic E-state index is 0.0466. The number of fused-ring (bicyclic) bond motifs is 1.